The van der Waals surface area contributed by atoms with Crippen LogP contribution in [0.2, 0.25) is 0 Å². The summed E-state index contributed by atoms with van der Waals surface area (Å²) in [5.74, 6) is 0. The van der Waals surface area contributed by atoms with Gasteiger partial charge in [-0.2, -0.15) is 16.8 Å². The second kappa shape index (κ2) is 4.87. The average molecular weight is 324 g/mol. The van der Waals surface area contributed by atoms with Crippen LogP contribution in [0.15, 0.2) is 0 Å². The first kappa shape index (κ1) is 16.7. The van der Waals surface area contributed by atoms with E-state index in [0.717, 1.165) is 0 Å². The van der Waals surface area contributed by atoms with Crippen molar-refractivity contribution in [1.82, 2.24) is 0 Å². The highest BCUT2D eigenvalue weighted by Gasteiger charge is 2.62. The summed E-state index contributed by atoms with van der Waals surface area (Å²) in [5, 5.41) is 37.6. The largest absolute Gasteiger partial charge is 0.386 e. The molecule has 0 spiro atoms. The van der Waals surface area contributed by atoms with Crippen molar-refractivity contribution in [3.05, 3.63) is 0 Å². The Morgan fingerprint density at radius 1 is 1.16 bits per heavy atom. The van der Waals surface area contributed by atoms with Gasteiger partial charge >= 0.3 is 10.1 Å². The van der Waals surface area contributed by atoms with Crippen molar-refractivity contribution in [1.29, 1.82) is 0 Å². The maximum Gasteiger partial charge on any atom is 0.300 e. The third-order valence-corrected chi connectivity index (χ3v) is 4.88. The molecule has 0 aromatic rings. The van der Waals surface area contributed by atoms with Crippen molar-refractivity contribution in [2.24, 2.45) is 0 Å². The third kappa shape index (κ3) is 2.74. The minimum atomic E-state index is -5.45. The van der Waals surface area contributed by atoms with Gasteiger partial charge in [-0.05, 0) is 0 Å². The van der Waals surface area contributed by atoms with Gasteiger partial charge in [0.25, 0.3) is 10.1 Å². The minimum absolute atomic E-state index is 1.02. The second-order valence-corrected chi connectivity index (χ2v) is 7.01. The fourth-order valence-electron chi connectivity index (χ4n) is 1.58. The fraction of sp³-hybridized carbons (Fsp3) is 1.00. The lowest BCUT2D eigenvalue weighted by atomic mass is 9.99. The Hall–Kier alpha value is -0.380. The topological polar surface area (TPSA) is 199 Å². The summed E-state index contributed by atoms with van der Waals surface area (Å²) in [6.07, 6.45) is -7.34. The molecule has 1 aliphatic rings. The standard InChI is InChI=1S/C6H12O11S2/c7-2-1-17-3(5(9)18(11,12)13)4(8)6(2,10)19(14,15)16/h2-5,7-10H,1H2,(H,11,12,13)(H,14,15,16)/t2-,3-,4-,5?,6-/m0/s1. The van der Waals surface area contributed by atoms with Gasteiger partial charge in [0.1, 0.15) is 18.3 Å². The van der Waals surface area contributed by atoms with Gasteiger partial charge in [0.05, 0.1) is 6.61 Å². The molecule has 0 bridgehead atoms. The highest BCUT2D eigenvalue weighted by molar-refractivity contribution is 7.87. The molecule has 1 unspecified atom stereocenters. The van der Waals surface area contributed by atoms with Crippen LogP contribution in [0.4, 0.5) is 0 Å². The molecule has 1 fully saturated rings. The number of hydrogen-bond acceptors (Lipinski definition) is 9. The van der Waals surface area contributed by atoms with Gasteiger partial charge in [-0.1, -0.05) is 0 Å². The zero-order chi connectivity index (χ0) is 15.2. The first-order valence-electron chi connectivity index (χ1n) is 4.65. The summed E-state index contributed by atoms with van der Waals surface area (Å²) >= 11 is 0. The number of rotatable bonds is 3. The third-order valence-electron chi connectivity index (χ3n) is 2.66. The van der Waals surface area contributed by atoms with Crippen molar-refractivity contribution in [3.63, 3.8) is 0 Å². The van der Waals surface area contributed by atoms with Crippen LogP contribution in [0.1, 0.15) is 0 Å². The minimum Gasteiger partial charge on any atom is -0.386 e. The fourth-order valence-corrected chi connectivity index (χ4v) is 3.00. The molecular weight excluding hydrogens is 312 g/mol. The van der Waals surface area contributed by atoms with Crippen molar-refractivity contribution >= 4 is 20.2 Å². The number of aliphatic hydroxyl groups is 4. The molecule has 0 aromatic heterocycles. The Bertz CT molecular complexity index is 538. The van der Waals surface area contributed by atoms with Gasteiger partial charge in [0.2, 0.25) is 10.4 Å². The summed E-state index contributed by atoms with van der Waals surface area (Å²) in [4.78, 5) is -3.57. The summed E-state index contributed by atoms with van der Waals surface area (Å²) in [6, 6.07) is 0. The van der Waals surface area contributed by atoms with Crippen LogP contribution in [0.5, 0.6) is 0 Å². The Kier molecular flexibility index (Phi) is 4.27. The molecule has 6 N–H and O–H groups in total. The van der Waals surface area contributed by atoms with E-state index >= 15 is 0 Å². The predicted octanol–water partition coefficient (Wildman–Crippen LogP) is -4.11. The Morgan fingerprint density at radius 3 is 2.00 bits per heavy atom. The molecule has 0 saturated carbocycles. The molecule has 1 heterocycles. The molecule has 13 heteroatoms. The van der Waals surface area contributed by atoms with Crippen LogP contribution in [-0.4, -0.2) is 81.7 Å². The molecule has 5 atom stereocenters. The molecule has 1 saturated heterocycles. The Balaban J connectivity index is 3.25. The van der Waals surface area contributed by atoms with E-state index < -0.39 is 55.5 Å². The quantitative estimate of drug-likeness (QED) is 0.275. The van der Waals surface area contributed by atoms with Crippen molar-refractivity contribution in [2.45, 2.75) is 28.7 Å². The van der Waals surface area contributed by atoms with E-state index in [-0.39, 0.29) is 0 Å². The molecule has 11 nitrogen and oxygen atoms in total. The molecule has 114 valence electrons. The van der Waals surface area contributed by atoms with Crippen molar-refractivity contribution < 1.29 is 51.1 Å². The lowest BCUT2D eigenvalue weighted by Gasteiger charge is -2.42. The molecule has 1 aliphatic heterocycles. The average Bonchev–Trinajstić information content (AvgIpc) is 2.22. The van der Waals surface area contributed by atoms with Crippen LogP contribution in [0, 0.1) is 0 Å². The molecular formula is C6H12O11S2. The summed E-state index contributed by atoms with van der Waals surface area (Å²) < 4.78 is 65.1. The first-order chi connectivity index (χ1) is 8.33. The summed E-state index contributed by atoms with van der Waals surface area (Å²) in [6.45, 7) is -1.02. The van der Waals surface area contributed by atoms with Crippen LogP contribution >= 0.6 is 0 Å². The first-order valence-corrected chi connectivity index (χ1v) is 7.59. The van der Waals surface area contributed by atoms with E-state index in [1.54, 1.807) is 0 Å². The monoisotopic (exact) mass is 324 g/mol. The van der Waals surface area contributed by atoms with Gasteiger partial charge in [-0.25, -0.2) is 0 Å². The van der Waals surface area contributed by atoms with Crippen molar-refractivity contribution in [3.8, 4) is 0 Å². The molecule has 19 heavy (non-hydrogen) atoms. The van der Waals surface area contributed by atoms with Crippen molar-refractivity contribution in [2.75, 3.05) is 6.61 Å². The number of hydrogen-bond donors (Lipinski definition) is 6. The van der Waals surface area contributed by atoms with E-state index in [4.69, 9.17) is 9.11 Å². The summed E-state index contributed by atoms with van der Waals surface area (Å²) in [7, 11) is -10.6. The van der Waals surface area contributed by atoms with Crippen LogP contribution < -0.4 is 0 Å². The zero-order valence-corrected chi connectivity index (χ0v) is 10.7. The van der Waals surface area contributed by atoms with E-state index in [0.29, 0.717) is 0 Å². The summed E-state index contributed by atoms with van der Waals surface area (Å²) in [5.41, 5.74) is -2.79. The Morgan fingerprint density at radius 2 is 1.63 bits per heavy atom. The smallest absolute Gasteiger partial charge is 0.300 e. The second-order valence-electron chi connectivity index (χ2n) is 3.89. The van der Waals surface area contributed by atoms with Crippen LogP contribution in [0.25, 0.3) is 0 Å². The van der Waals surface area contributed by atoms with Gasteiger partial charge in [0.15, 0.2) is 0 Å². The molecule has 1 rings (SSSR count). The molecule has 0 aromatic carbocycles. The van der Waals surface area contributed by atoms with E-state index in [2.05, 4.69) is 4.74 Å². The Labute approximate surface area is 107 Å². The maximum atomic E-state index is 11.0. The highest BCUT2D eigenvalue weighted by atomic mass is 32.2. The maximum absolute atomic E-state index is 11.0. The van der Waals surface area contributed by atoms with E-state index in [1.165, 1.54) is 0 Å². The van der Waals surface area contributed by atoms with E-state index in [1.807, 2.05) is 0 Å². The molecule has 0 aliphatic carbocycles. The lowest BCUT2D eigenvalue weighted by molar-refractivity contribution is -0.220. The molecule has 0 amide bonds. The lowest BCUT2D eigenvalue weighted by Crippen LogP contribution is -2.69. The van der Waals surface area contributed by atoms with E-state index in [9.17, 15) is 37.3 Å². The van der Waals surface area contributed by atoms with Crippen LogP contribution in [-0.2, 0) is 25.0 Å². The predicted molar refractivity (Wildman–Crippen MR) is 55.8 cm³/mol. The van der Waals surface area contributed by atoms with Gasteiger partial charge in [-0.3, -0.25) is 9.11 Å². The number of aliphatic hydroxyl groups excluding tert-OH is 3. The number of ether oxygens (including phenoxy) is 1. The molecule has 0 radical (unpaired) electrons. The van der Waals surface area contributed by atoms with Gasteiger partial charge in [-0.15, -0.1) is 0 Å². The normalized spacial score (nSPS) is 38.9. The highest BCUT2D eigenvalue weighted by Crippen LogP contribution is 2.32. The van der Waals surface area contributed by atoms with Crippen LogP contribution in [0.3, 0.4) is 0 Å². The zero-order valence-electron chi connectivity index (χ0n) is 9.06. The van der Waals surface area contributed by atoms with Gasteiger partial charge in [0, 0.05) is 0 Å². The SMILES string of the molecule is O=S(=O)(O)C(O)[C@H]1OC[C@H](O)[C@](O)(S(=O)(=O)O)[C@H]1O. The van der Waals surface area contributed by atoms with Gasteiger partial charge < -0.3 is 25.2 Å².